The summed E-state index contributed by atoms with van der Waals surface area (Å²) in [7, 11) is 0. The Kier molecular flexibility index (Phi) is 4.76. The van der Waals surface area contributed by atoms with Gasteiger partial charge in [0.2, 0.25) is 0 Å². The molecule has 0 spiro atoms. The number of hydrogen-bond acceptors (Lipinski definition) is 3. The molecule has 0 radical (unpaired) electrons. The van der Waals surface area contributed by atoms with Gasteiger partial charge in [0.1, 0.15) is 5.82 Å². The summed E-state index contributed by atoms with van der Waals surface area (Å²) < 4.78 is 2.10. The van der Waals surface area contributed by atoms with Crippen molar-refractivity contribution >= 4 is 5.91 Å². The van der Waals surface area contributed by atoms with Gasteiger partial charge in [-0.15, -0.1) is 0 Å². The third-order valence-corrected chi connectivity index (χ3v) is 4.58. The molecule has 1 aromatic carbocycles. The van der Waals surface area contributed by atoms with Gasteiger partial charge in [-0.05, 0) is 31.2 Å². The maximum Gasteiger partial charge on any atom is 0.253 e. The highest BCUT2D eigenvalue weighted by Gasteiger charge is 2.21. The van der Waals surface area contributed by atoms with Crippen LogP contribution in [-0.2, 0) is 6.54 Å². The van der Waals surface area contributed by atoms with E-state index in [-0.39, 0.29) is 5.91 Å². The molecule has 5 nitrogen and oxygen atoms in total. The predicted molar refractivity (Wildman–Crippen MR) is 90.5 cm³/mol. The first kappa shape index (κ1) is 15.7. The Hall–Kier alpha value is -2.14. The molecule has 0 atom stereocenters. The summed E-state index contributed by atoms with van der Waals surface area (Å²) in [6.45, 7) is 9.59. The second-order valence-corrected chi connectivity index (χ2v) is 6.03. The molecule has 1 aliphatic rings. The minimum absolute atomic E-state index is 0.145. The number of rotatable bonds is 4. The Balaban J connectivity index is 1.63. The summed E-state index contributed by atoms with van der Waals surface area (Å²) in [6, 6.07) is 7.95. The Labute approximate surface area is 137 Å². The zero-order valence-electron chi connectivity index (χ0n) is 13.9. The lowest BCUT2D eigenvalue weighted by Crippen LogP contribution is -2.48. The van der Waals surface area contributed by atoms with Crippen molar-refractivity contribution < 1.29 is 4.79 Å². The molecular weight excluding hydrogens is 288 g/mol. The van der Waals surface area contributed by atoms with Gasteiger partial charge in [0.15, 0.2) is 0 Å². The molecule has 1 amide bonds. The van der Waals surface area contributed by atoms with Gasteiger partial charge in [0.25, 0.3) is 5.91 Å². The van der Waals surface area contributed by atoms with Crippen molar-refractivity contribution in [2.45, 2.75) is 20.4 Å². The van der Waals surface area contributed by atoms with E-state index in [0.717, 1.165) is 50.7 Å². The largest absolute Gasteiger partial charge is 0.336 e. The second-order valence-electron chi connectivity index (χ2n) is 6.03. The highest BCUT2D eigenvalue weighted by atomic mass is 16.2. The van der Waals surface area contributed by atoms with Crippen molar-refractivity contribution in [1.82, 2.24) is 19.4 Å². The monoisotopic (exact) mass is 312 g/mol. The summed E-state index contributed by atoms with van der Waals surface area (Å²) in [5.41, 5.74) is 1.96. The Morgan fingerprint density at radius 3 is 2.39 bits per heavy atom. The van der Waals surface area contributed by atoms with Crippen molar-refractivity contribution in [3.05, 3.63) is 53.6 Å². The molecule has 2 aromatic rings. The lowest BCUT2D eigenvalue weighted by atomic mass is 10.1. The van der Waals surface area contributed by atoms with Crippen molar-refractivity contribution in [3.63, 3.8) is 0 Å². The molecule has 1 aliphatic heterocycles. The first-order valence-corrected chi connectivity index (χ1v) is 8.25. The van der Waals surface area contributed by atoms with E-state index in [1.54, 1.807) is 0 Å². The molecule has 1 saturated heterocycles. The first-order chi connectivity index (χ1) is 11.2. The van der Waals surface area contributed by atoms with Gasteiger partial charge < -0.3 is 14.4 Å². The Morgan fingerprint density at radius 1 is 1.13 bits per heavy atom. The zero-order chi connectivity index (χ0) is 16.2. The fraction of sp³-hybridized carbons (Fsp3) is 0.444. The molecule has 122 valence electrons. The molecule has 1 fully saturated rings. The van der Waals surface area contributed by atoms with Crippen LogP contribution in [0.15, 0.2) is 36.7 Å². The van der Waals surface area contributed by atoms with Crippen LogP contribution >= 0.6 is 0 Å². The van der Waals surface area contributed by atoms with E-state index in [1.165, 1.54) is 5.56 Å². The molecule has 0 unspecified atom stereocenters. The van der Waals surface area contributed by atoms with Crippen molar-refractivity contribution in [2.75, 3.05) is 32.7 Å². The number of piperazine rings is 1. The van der Waals surface area contributed by atoms with Gasteiger partial charge in [-0.1, -0.05) is 19.1 Å². The third-order valence-electron chi connectivity index (χ3n) is 4.58. The van der Waals surface area contributed by atoms with Crippen molar-refractivity contribution in [1.29, 1.82) is 0 Å². The number of likely N-dealkylation sites (N-methyl/N-ethyl adjacent to an activating group) is 1. The minimum Gasteiger partial charge on any atom is -0.336 e. The predicted octanol–water partition coefficient (Wildman–Crippen LogP) is 2.02. The van der Waals surface area contributed by atoms with E-state index in [9.17, 15) is 4.79 Å². The zero-order valence-corrected chi connectivity index (χ0v) is 13.9. The fourth-order valence-corrected chi connectivity index (χ4v) is 2.97. The molecule has 2 heterocycles. The average molecular weight is 312 g/mol. The van der Waals surface area contributed by atoms with Crippen LogP contribution in [0, 0.1) is 6.92 Å². The normalized spacial score (nSPS) is 15.8. The van der Waals surface area contributed by atoms with Crippen LogP contribution in [0.1, 0.15) is 28.7 Å². The maximum atomic E-state index is 12.6. The smallest absolute Gasteiger partial charge is 0.253 e. The van der Waals surface area contributed by atoms with Crippen LogP contribution in [0.25, 0.3) is 0 Å². The first-order valence-electron chi connectivity index (χ1n) is 8.25. The third kappa shape index (κ3) is 3.62. The van der Waals surface area contributed by atoms with E-state index in [0.29, 0.717) is 0 Å². The minimum atomic E-state index is 0.145. The summed E-state index contributed by atoms with van der Waals surface area (Å²) >= 11 is 0. The van der Waals surface area contributed by atoms with Crippen molar-refractivity contribution in [3.8, 4) is 0 Å². The van der Waals surface area contributed by atoms with E-state index in [2.05, 4.69) is 21.4 Å². The Bertz CT molecular complexity index is 654. The number of hydrogen-bond donors (Lipinski definition) is 0. The highest BCUT2D eigenvalue weighted by molar-refractivity contribution is 5.94. The summed E-state index contributed by atoms with van der Waals surface area (Å²) in [5.74, 6) is 1.14. The number of aromatic nitrogens is 2. The molecule has 0 aliphatic carbocycles. The SMILES string of the molecule is CCN1CCN(C(=O)c2ccc(Cn3ccnc3C)cc2)CC1. The summed E-state index contributed by atoms with van der Waals surface area (Å²) in [5, 5.41) is 0. The van der Waals surface area contributed by atoms with Gasteiger partial charge >= 0.3 is 0 Å². The number of benzene rings is 1. The van der Waals surface area contributed by atoms with Crippen LogP contribution in [0.4, 0.5) is 0 Å². The number of amides is 1. The average Bonchev–Trinajstić information content (AvgIpc) is 3.00. The molecule has 23 heavy (non-hydrogen) atoms. The molecule has 0 saturated carbocycles. The van der Waals surface area contributed by atoms with E-state index in [1.807, 2.05) is 48.5 Å². The lowest BCUT2D eigenvalue weighted by molar-refractivity contribution is 0.0643. The standard InChI is InChI=1S/C18H24N4O/c1-3-20-10-12-21(13-11-20)18(23)17-6-4-16(5-7-17)14-22-9-8-19-15(22)2/h4-9H,3,10-14H2,1-2H3. The van der Waals surface area contributed by atoms with Gasteiger partial charge in [0.05, 0.1) is 0 Å². The van der Waals surface area contributed by atoms with Crippen LogP contribution < -0.4 is 0 Å². The van der Waals surface area contributed by atoms with E-state index >= 15 is 0 Å². The highest BCUT2D eigenvalue weighted by Crippen LogP contribution is 2.12. The summed E-state index contributed by atoms with van der Waals surface area (Å²) in [6.07, 6.45) is 3.78. The number of aryl methyl sites for hydroxylation is 1. The van der Waals surface area contributed by atoms with E-state index < -0.39 is 0 Å². The van der Waals surface area contributed by atoms with Crippen LogP contribution in [0.3, 0.4) is 0 Å². The number of imidazole rings is 1. The quantitative estimate of drug-likeness (QED) is 0.867. The van der Waals surface area contributed by atoms with Crippen LogP contribution in [-0.4, -0.2) is 58.0 Å². The van der Waals surface area contributed by atoms with Crippen LogP contribution in [0.5, 0.6) is 0 Å². The maximum absolute atomic E-state index is 12.6. The molecule has 5 heteroatoms. The fourth-order valence-electron chi connectivity index (χ4n) is 2.97. The van der Waals surface area contributed by atoms with Crippen LogP contribution in [0.2, 0.25) is 0 Å². The van der Waals surface area contributed by atoms with E-state index in [4.69, 9.17) is 0 Å². The number of nitrogens with zero attached hydrogens (tertiary/aromatic N) is 4. The van der Waals surface area contributed by atoms with Gasteiger partial charge in [-0.25, -0.2) is 4.98 Å². The van der Waals surface area contributed by atoms with Crippen molar-refractivity contribution in [2.24, 2.45) is 0 Å². The molecule has 1 aromatic heterocycles. The summed E-state index contributed by atoms with van der Waals surface area (Å²) in [4.78, 5) is 21.1. The lowest BCUT2D eigenvalue weighted by Gasteiger charge is -2.34. The second kappa shape index (κ2) is 6.96. The topological polar surface area (TPSA) is 41.4 Å². The van der Waals surface area contributed by atoms with Gasteiger partial charge in [-0.2, -0.15) is 0 Å². The van der Waals surface area contributed by atoms with Gasteiger partial charge in [-0.3, -0.25) is 4.79 Å². The Morgan fingerprint density at radius 2 is 1.83 bits per heavy atom. The molecule has 0 bridgehead atoms. The number of carbonyl (C=O) groups is 1. The molecule has 3 rings (SSSR count). The van der Waals surface area contributed by atoms with Gasteiger partial charge in [0, 0.05) is 50.7 Å². The molecule has 0 N–H and O–H groups in total. The number of carbonyl (C=O) groups excluding carboxylic acids is 1. The molecular formula is C18H24N4O.